The van der Waals surface area contributed by atoms with Crippen molar-refractivity contribution in [3.63, 3.8) is 0 Å². The van der Waals surface area contributed by atoms with Gasteiger partial charge in [0.15, 0.2) is 5.82 Å². The van der Waals surface area contributed by atoms with Crippen molar-refractivity contribution < 1.29 is 36.2 Å². The first-order valence-corrected chi connectivity index (χ1v) is 13.2. The quantitative estimate of drug-likeness (QED) is 0.432. The van der Waals surface area contributed by atoms with Crippen molar-refractivity contribution in [2.75, 3.05) is 31.1 Å². The van der Waals surface area contributed by atoms with Gasteiger partial charge in [-0.2, -0.15) is 31.4 Å². The van der Waals surface area contributed by atoms with Crippen LogP contribution < -0.4 is 4.90 Å². The van der Waals surface area contributed by atoms with E-state index >= 15 is 0 Å². The molecule has 0 aromatic carbocycles. The van der Waals surface area contributed by atoms with E-state index in [9.17, 15) is 36.2 Å². The Bertz CT molecular complexity index is 1350. The summed E-state index contributed by atoms with van der Waals surface area (Å²) < 4.78 is 81.4. The van der Waals surface area contributed by atoms with E-state index in [0.717, 1.165) is 31.7 Å². The van der Waals surface area contributed by atoms with E-state index in [1.165, 1.54) is 22.8 Å². The van der Waals surface area contributed by atoms with Crippen molar-refractivity contribution in [1.29, 1.82) is 0 Å². The molecule has 2 aliphatic rings. The number of rotatable bonds is 6. The number of alkyl halides is 6. The van der Waals surface area contributed by atoms with E-state index in [1.54, 1.807) is 4.90 Å². The van der Waals surface area contributed by atoms with Gasteiger partial charge in [0.05, 0.1) is 18.7 Å². The maximum absolute atomic E-state index is 13.7. The molecule has 3 aromatic rings. The minimum absolute atomic E-state index is 0.00257. The molecule has 10 nitrogen and oxygen atoms in total. The maximum atomic E-state index is 13.7. The number of carbonyl (C=O) groups excluding carboxylic acids is 1. The number of anilines is 1. The second kappa shape index (κ2) is 10.6. The smallest absolute Gasteiger partial charge is 0.394 e. The maximum Gasteiger partial charge on any atom is 0.451 e. The Kier molecular flexibility index (Phi) is 7.45. The Morgan fingerprint density at radius 1 is 1.10 bits per heavy atom. The van der Waals surface area contributed by atoms with Crippen LogP contribution in [0, 0.1) is 0 Å². The van der Waals surface area contributed by atoms with Gasteiger partial charge in [0.1, 0.15) is 17.0 Å². The summed E-state index contributed by atoms with van der Waals surface area (Å²) in [4.78, 5) is 30.2. The Hall–Kier alpha value is -3.34. The van der Waals surface area contributed by atoms with Crippen LogP contribution in [0.5, 0.6) is 0 Å². The number of amides is 1. The second-order valence-electron chi connectivity index (χ2n) is 9.65. The first-order valence-electron chi connectivity index (χ1n) is 12.4. The van der Waals surface area contributed by atoms with Crippen LogP contribution in [-0.4, -0.2) is 77.9 Å². The van der Waals surface area contributed by atoms with Crippen LogP contribution in [-0.2, 0) is 17.1 Å². The molecule has 1 amide bonds. The topological polar surface area (TPSA) is 113 Å². The number of aromatic nitrogens is 6. The van der Waals surface area contributed by atoms with Crippen LogP contribution >= 0.6 is 11.3 Å². The van der Waals surface area contributed by atoms with E-state index in [0.29, 0.717) is 17.2 Å². The zero-order valence-corrected chi connectivity index (χ0v) is 21.8. The van der Waals surface area contributed by atoms with Crippen molar-refractivity contribution >= 4 is 22.2 Å². The van der Waals surface area contributed by atoms with Crippen molar-refractivity contribution in [3.8, 4) is 11.3 Å². The summed E-state index contributed by atoms with van der Waals surface area (Å²) in [6.07, 6.45) is -3.61. The molecule has 216 valence electrons. The third-order valence-corrected chi connectivity index (χ3v) is 8.27. The van der Waals surface area contributed by atoms with E-state index in [2.05, 4.69) is 25.0 Å². The molecule has 40 heavy (non-hydrogen) atoms. The van der Waals surface area contributed by atoms with Crippen LogP contribution in [0.25, 0.3) is 11.3 Å². The lowest BCUT2D eigenvalue weighted by Crippen LogP contribution is -2.58. The number of hydrogen-bond donors (Lipinski definition) is 1. The van der Waals surface area contributed by atoms with Crippen molar-refractivity contribution in [1.82, 2.24) is 34.6 Å². The van der Waals surface area contributed by atoms with Gasteiger partial charge in [0.2, 0.25) is 16.7 Å². The fourth-order valence-electron chi connectivity index (χ4n) is 4.83. The monoisotopic (exact) mass is 590 g/mol. The first kappa shape index (κ1) is 28.2. The van der Waals surface area contributed by atoms with E-state index < -0.39 is 41.9 Å². The summed E-state index contributed by atoms with van der Waals surface area (Å²) in [5, 5.41) is 13.7. The van der Waals surface area contributed by atoms with E-state index in [-0.39, 0.29) is 47.7 Å². The number of hydrogen-bond acceptors (Lipinski definition) is 9. The highest BCUT2D eigenvalue weighted by molar-refractivity contribution is 7.16. The van der Waals surface area contributed by atoms with Gasteiger partial charge in [-0.1, -0.05) is 17.8 Å². The number of piperazine rings is 1. The van der Waals surface area contributed by atoms with Gasteiger partial charge in [0, 0.05) is 50.4 Å². The normalized spacial score (nSPS) is 19.6. The molecule has 0 spiro atoms. The summed E-state index contributed by atoms with van der Waals surface area (Å²) >= 11 is 0.334. The summed E-state index contributed by atoms with van der Waals surface area (Å²) in [6.45, 7) is 1.16. The molecule has 17 heteroatoms. The molecule has 1 saturated heterocycles. The molecule has 1 aliphatic carbocycles. The SMILES string of the molecule is CC(=O)N1CCN(c2sc(C(F)(F)F)nc2-c2cnc(C(F)(F)F)nc2)C[C@@H]1C(CO)n1cnc(C2CCC2)n1. The molecular weight excluding hydrogens is 566 g/mol. The molecule has 2 fully saturated rings. The standard InChI is InChI=1S/C23H24F6N8O2S/c1-12(39)36-6-5-35(9-15(36)16(10-38)37-11-32-18(34-37)13-3-2-4-13)19-17(33-21(40-19)23(27,28)29)14-7-30-20(31-8-14)22(24,25)26/h7-8,11,13,15-16,38H,2-6,9-10H2,1H3/t15-,16?/m1/s1. The third kappa shape index (κ3) is 5.48. The highest BCUT2D eigenvalue weighted by Gasteiger charge is 2.41. The Balaban J connectivity index is 1.50. The molecule has 4 heterocycles. The van der Waals surface area contributed by atoms with Crippen LogP contribution in [0.15, 0.2) is 18.7 Å². The lowest BCUT2D eigenvalue weighted by molar-refractivity contribution is -0.145. The van der Waals surface area contributed by atoms with Gasteiger partial charge in [-0.15, -0.1) is 0 Å². The molecule has 0 radical (unpaired) electrons. The molecule has 0 bridgehead atoms. The molecule has 1 N–H and O–H groups in total. The van der Waals surface area contributed by atoms with Gasteiger partial charge in [-0.05, 0) is 12.8 Å². The van der Waals surface area contributed by atoms with E-state index in [1.807, 2.05) is 0 Å². The number of aliphatic hydroxyl groups excluding tert-OH is 1. The van der Waals surface area contributed by atoms with Crippen LogP contribution in [0.4, 0.5) is 31.3 Å². The average Bonchev–Trinajstić information content (AvgIpc) is 3.51. The molecule has 2 atom stereocenters. The number of carbonyl (C=O) groups is 1. The highest BCUT2D eigenvalue weighted by Crippen LogP contribution is 2.43. The van der Waals surface area contributed by atoms with Gasteiger partial charge in [-0.3, -0.25) is 4.79 Å². The minimum atomic E-state index is -4.82. The summed E-state index contributed by atoms with van der Waals surface area (Å²) in [6, 6.07) is -1.46. The first-order chi connectivity index (χ1) is 18.9. The lowest BCUT2D eigenvalue weighted by Gasteiger charge is -2.44. The minimum Gasteiger partial charge on any atom is -0.394 e. The number of nitrogens with zero attached hydrogens (tertiary/aromatic N) is 8. The predicted octanol–water partition coefficient (Wildman–Crippen LogP) is 3.77. The lowest BCUT2D eigenvalue weighted by atomic mass is 9.85. The second-order valence-corrected chi connectivity index (χ2v) is 10.6. The molecule has 1 aliphatic heterocycles. The summed E-state index contributed by atoms with van der Waals surface area (Å²) in [7, 11) is 0. The van der Waals surface area contributed by atoms with Crippen LogP contribution in [0.2, 0.25) is 0 Å². The number of aliphatic hydroxyl groups is 1. The Labute approximate surface area is 227 Å². The van der Waals surface area contributed by atoms with Gasteiger partial charge in [0.25, 0.3) is 0 Å². The number of thiazole rings is 1. The van der Waals surface area contributed by atoms with Crippen molar-refractivity contribution in [2.45, 2.75) is 56.5 Å². The fraction of sp³-hybridized carbons (Fsp3) is 0.565. The van der Waals surface area contributed by atoms with Gasteiger partial charge >= 0.3 is 12.4 Å². The average molecular weight is 591 g/mol. The molecule has 5 rings (SSSR count). The molecular formula is C23H24F6N8O2S. The molecule has 1 saturated carbocycles. The van der Waals surface area contributed by atoms with Crippen LogP contribution in [0.3, 0.4) is 0 Å². The van der Waals surface area contributed by atoms with Crippen molar-refractivity contribution in [2.24, 2.45) is 0 Å². The summed E-state index contributed by atoms with van der Waals surface area (Å²) in [5.74, 6) is -0.870. The Morgan fingerprint density at radius 3 is 2.35 bits per heavy atom. The number of halogens is 6. The predicted molar refractivity (Wildman–Crippen MR) is 129 cm³/mol. The third-order valence-electron chi connectivity index (χ3n) is 7.11. The fourth-order valence-corrected chi connectivity index (χ4v) is 5.82. The van der Waals surface area contributed by atoms with Gasteiger partial charge in [-0.25, -0.2) is 24.6 Å². The molecule has 1 unspecified atom stereocenters. The zero-order chi connectivity index (χ0) is 28.8. The largest absolute Gasteiger partial charge is 0.451 e. The highest BCUT2D eigenvalue weighted by atomic mass is 32.1. The molecule has 3 aromatic heterocycles. The van der Waals surface area contributed by atoms with Gasteiger partial charge < -0.3 is 14.9 Å². The van der Waals surface area contributed by atoms with Crippen molar-refractivity contribution in [3.05, 3.63) is 35.4 Å². The van der Waals surface area contributed by atoms with Crippen LogP contribution in [0.1, 0.15) is 54.8 Å². The summed E-state index contributed by atoms with van der Waals surface area (Å²) in [5.41, 5.74) is -0.352. The Morgan fingerprint density at radius 2 is 1.80 bits per heavy atom. The van der Waals surface area contributed by atoms with E-state index in [4.69, 9.17) is 0 Å². The zero-order valence-electron chi connectivity index (χ0n) is 21.0.